The Morgan fingerprint density at radius 2 is 1.82 bits per heavy atom. The van der Waals surface area contributed by atoms with E-state index in [1.54, 1.807) is 33.3 Å². The zero-order valence-electron chi connectivity index (χ0n) is 22.4. The minimum Gasteiger partial charge on any atom is -0.493 e. The molecule has 39 heavy (non-hydrogen) atoms. The quantitative estimate of drug-likeness (QED) is 0.201. The average molecular weight is 537 g/mol. The van der Waals surface area contributed by atoms with Crippen molar-refractivity contribution in [1.82, 2.24) is 5.32 Å². The number of ketones is 1. The molecule has 1 heterocycles. The number of esters is 1. The van der Waals surface area contributed by atoms with Crippen LogP contribution >= 0.6 is 0 Å². The van der Waals surface area contributed by atoms with Crippen LogP contribution in [0.15, 0.2) is 65.0 Å². The summed E-state index contributed by atoms with van der Waals surface area (Å²) in [6.07, 6.45) is 0.707. The first-order chi connectivity index (χ1) is 18.8. The summed E-state index contributed by atoms with van der Waals surface area (Å²) >= 11 is 0. The zero-order valence-corrected chi connectivity index (χ0v) is 22.4. The van der Waals surface area contributed by atoms with E-state index in [9.17, 15) is 19.7 Å². The fraction of sp³-hybridized carbons (Fsp3) is 0.379. The third-order valence-corrected chi connectivity index (χ3v) is 7.01. The van der Waals surface area contributed by atoms with Crippen LogP contribution in [0.3, 0.4) is 0 Å². The van der Waals surface area contributed by atoms with Crippen molar-refractivity contribution in [3.8, 4) is 11.5 Å². The molecule has 10 heteroatoms. The van der Waals surface area contributed by atoms with Crippen LogP contribution in [0.2, 0.25) is 0 Å². The molecule has 1 aliphatic heterocycles. The minimum absolute atomic E-state index is 0.0480. The van der Waals surface area contributed by atoms with Crippen LogP contribution in [0.25, 0.3) is 0 Å². The summed E-state index contributed by atoms with van der Waals surface area (Å²) in [6, 6.07) is 11.6. The van der Waals surface area contributed by atoms with Crippen LogP contribution < -0.4 is 14.8 Å². The summed E-state index contributed by atoms with van der Waals surface area (Å²) in [5.41, 5.74) is 3.18. The lowest BCUT2D eigenvalue weighted by Gasteiger charge is -2.36. The molecule has 0 aromatic heterocycles. The number of Topliss-reactive ketones (excluding diaryl/α,β-unsaturated/α-hetero) is 1. The number of nitro groups is 1. The highest BCUT2D eigenvalue weighted by Crippen LogP contribution is 2.46. The number of ether oxygens (including phenoxy) is 4. The molecule has 10 nitrogen and oxygen atoms in total. The van der Waals surface area contributed by atoms with E-state index >= 15 is 0 Å². The number of rotatable bonds is 10. The zero-order chi connectivity index (χ0) is 28.1. The predicted octanol–water partition coefficient (Wildman–Crippen LogP) is 4.55. The Bertz CT molecular complexity index is 1350. The molecule has 206 valence electrons. The van der Waals surface area contributed by atoms with Crippen molar-refractivity contribution in [2.24, 2.45) is 0 Å². The Kier molecular flexibility index (Phi) is 8.65. The molecule has 0 radical (unpaired) electrons. The summed E-state index contributed by atoms with van der Waals surface area (Å²) in [6.45, 7) is 4.37. The highest BCUT2D eigenvalue weighted by Gasteiger charge is 2.42. The molecule has 0 fully saturated rings. The maximum absolute atomic E-state index is 13.8. The van der Waals surface area contributed by atoms with Crippen molar-refractivity contribution in [3.63, 3.8) is 0 Å². The molecule has 0 saturated carbocycles. The van der Waals surface area contributed by atoms with E-state index in [0.29, 0.717) is 47.1 Å². The van der Waals surface area contributed by atoms with Gasteiger partial charge >= 0.3 is 5.97 Å². The van der Waals surface area contributed by atoms with Gasteiger partial charge in [0.05, 0.1) is 31.3 Å². The largest absolute Gasteiger partial charge is 0.493 e. The molecule has 0 amide bonds. The van der Waals surface area contributed by atoms with Gasteiger partial charge in [-0.25, -0.2) is 4.79 Å². The van der Waals surface area contributed by atoms with Gasteiger partial charge in [0, 0.05) is 48.0 Å². The van der Waals surface area contributed by atoms with Crippen molar-refractivity contribution >= 4 is 17.4 Å². The van der Waals surface area contributed by atoms with Crippen molar-refractivity contribution in [2.45, 2.75) is 38.5 Å². The Hall–Kier alpha value is -4.18. The van der Waals surface area contributed by atoms with Crippen molar-refractivity contribution in [2.75, 3.05) is 34.0 Å². The lowest BCUT2D eigenvalue weighted by molar-refractivity contribution is -0.384. The standard InChI is InChI=1S/C29H32N2O8/c1-5-38-11-12-39-29(33)26-17(2)30-22-14-20(18-9-10-24(36-3)25(16-18)37-4)15-23(32)28(22)27(26)19-7-6-8-21(13-19)31(34)35/h6-10,13,16,20,27,30H,5,11-12,14-15H2,1-4H3/t20-,27+/m1/s1. The van der Waals surface area contributed by atoms with Crippen LogP contribution in [0.1, 0.15) is 49.7 Å². The van der Waals surface area contributed by atoms with Crippen molar-refractivity contribution in [1.29, 1.82) is 0 Å². The maximum atomic E-state index is 13.8. The van der Waals surface area contributed by atoms with E-state index in [2.05, 4.69) is 5.32 Å². The topological polar surface area (TPSA) is 126 Å². The number of carbonyl (C=O) groups is 2. The summed E-state index contributed by atoms with van der Waals surface area (Å²) in [4.78, 5) is 38.1. The molecule has 0 saturated heterocycles. The highest BCUT2D eigenvalue weighted by atomic mass is 16.6. The summed E-state index contributed by atoms with van der Waals surface area (Å²) in [5, 5.41) is 14.8. The minimum atomic E-state index is -0.806. The monoisotopic (exact) mass is 536 g/mol. The molecule has 1 aliphatic carbocycles. The highest BCUT2D eigenvalue weighted by molar-refractivity contribution is 6.04. The predicted molar refractivity (Wildman–Crippen MR) is 143 cm³/mol. The van der Waals surface area contributed by atoms with Crippen LogP contribution in [0.5, 0.6) is 11.5 Å². The first kappa shape index (κ1) is 27.8. The second kappa shape index (κ2) is 12.1. The van der Waals surface area contributed by atoms with Crippen LogP contribution in [0, 0.1) is 10.1 Å². The number of carbonyl (C=O) groups excluding carboxylic acids is 2. The molecule has 2 aliphatic rings. The first-order valence-corrected chi connectivity index (χ1v) is 12.7. The summed E-state index contributed by atoms with van der Waals surface area (Å²) < 4.78 is 21.6. The molecule has 4 rings (SSSR count). The second-order valence-corrected chi connectivity index (χ2v) is 9.32. The Labute approximate surface area is 226 Å². The van der Waals surface area contributed by atoms with E-state index in [1.807, 2.05) is 25.1 Å². The molecule has 2 aromatic carbocycles. The molecule has 1 N–H and O–H groups in total. The van der Waals surface area contributed by atoms with Gasteiger partial charge in [0.15, 0.2) is 17.3 Å². The Morgan fingerprint density at radius 3 is 2.51 bits per heavy atom. The van der Waals surface area contributed by atoms with Crippen LogP contribution in [-0.4, -0.2) is 50.7 Å². The molecule has 0 bridgehead atoms. The normalized spacial score (nSPS) is 18.8. The summed E-state index contributed by atoms with van der Waals surface area (Å²) in [7, 11) is 3.12. The average Bonchev–Trinajstić information content (AvgIpc) is 2.93. The fourth-order valence-electron chi connectivity index (χ4n) is 5.22. The number of allylic oxidation sites excluding steroid dienone is 3. The van der Waals surface area contributed by atoms with Gasteiger partial charge in [0.2, 0.25) is 0 Å². The second-order valence-electron chi connectivity index (χ2n) is 9.32. The number of non-ortho nitro benzene ring substituents is 1. The smallest absolute Gasteiger partial charge is 0.336 e. The van der Waals surface area contributed by atoms with Gasteiger partial charge < -0.3 is 24.3 Å². The molecular weight excluding hydrogens is 504 g/mol. The number of hydrogen-bond acceptors (Lipinski definition) is 9. The van der Waals surface area contributed by atoms with E-state index in [1.165, 1.54) is 12.1 Å². The number of nitrogens with zero attached hydrogens (tertiary/aromatic N) is 1. The SMILES string of the molecule is CCOCCOC(=O)C1=C(C)NC2=C(C(=O)C[C@H](c3ccc(OC)c(OC)c3)C2)[C@H]1c1cccc([N+](=O)[O-])c1. The third-order valence-electron chi connectivity index (χ3n) is 7.01. The van der Waals surface area contributed by atoms with E-state index in [4.69, 9.17) is 18.9 Å². The number of hydrogen-bond donors (Lipinski definition) is 1. The molecule has 0 spiro atoms. The van der Waals surface area contributed by atoms with Crippen molar-refractivity contribution < 1.29 is 33.5 Å². The summed E-state index contributed by atoms with van der Waals surface area (Å²) in [5.74, 6) is -0.524. The van der Waals surface area contributed by atoms with Gasteiger partial charge in [-0.3, -0.25) is 14.9 Å². The van der Waals surface area contributed by atoms with Gasteiger partial charge in [0.1, 0.15) is 6.61 Å². The molecular formula is C29H32N2O8. The Morgan fingerprint density at radius 1 is 1.05 bits per heavy atom. The number of nitro benzene ring substituents is 1. The number of nitrogens with one attached hydrogen (secondary N) is 1. The fourth-order valence-corrected chi connectivity index (χ4v) is 5.22. The maximum Gasteiger partial charge on any atom is 0.336 e. The van der Waals surface area contributed by atoms with Gasteiger partial charge in [-0.05, 0) is 49.4 Å². The van der Waals surface area contributed by atoms with Crippen LogP contribution in [0.4, 0.5) is 5.69 Å². The number of dihydropyridines is 1. The van der Waals surface area contributed by atoms with Gasteiger partial charge in [0.25, 0.3) is 5.69 Å². The third kappa shape index (κ3) is 5.80. The first-order valence-electron chi connectivity index (χ1n) is 12.7. The lowest BCUT2D eigenvalue weighted by atomic mass is 9.71. The molecule has 2 atom stereocenters. The Balaban J connectivity index is 1.75. The lowest BCUT2D eigenvalue weighted by Crippen LogP contribution is -2.36. The number of benzene rings is 2. The van der Waals surface area contributed by atoms with E-state index in [-0.39, 0.29) is 42.6 Å². The van der Waals surface area contributed by atoms with Gasteiger partial charge in [-0.2, -0.15) is 0 Å². The van der Waals surface area contributed by atoms with Crippen LogP contribution in [-0.2, 0) is 19.1 Å². The molecule has 0 unspecified atom stereocenters. The molecule has 2 aromatic rings. The van der Waals surface area contributed by atoms with E-state index in [0.717, 1.165) is 5.56 Å². The van der Waals surface area contributed by atoms with E-state index < -0.39 is 16.8 Å². The van der Waals surface area contributed by atoms with Gasteiger partial charge in [-0.15, -0.1) is 0 Å². The van der Waals surface area contributed by atoms with Crippen molar-refractivity contribution in [3.05, 3.63) is 86.2 Å². The number of methoxy groups -OCH3 is 2. The van der Waals surface area contributed by atoms with Gasteiger partial charge in [-0.1, -0.05) is 18.2 Å².